The Bertz CT molecular complexity index is 1500. The number of benzene rings is 1. The molecule has 204 valence electrons. The first kappa shape index (κ1) is 26.0. The van der Waals surface area contributed by atoms with Gasteiger partial charge in [-0.3, -0.25) is 9.88 Å². The third-order valence-electron chi connectivity index (χ3n) is 8.30. The minimum absolute atomic E-state index is 0.0962. The molecule has 0 saturated carbocycles. The van der Waals surface area contributed by atoms with Crippen molar-refractivity contribution in [3.8, 4) is 11.1 Å². The van der Waals surface area contributed by atoms with E-state index in [1.165, 1.54) is 38.2 Å². The molecule has 2 aliphatic rings. The quantitative estimate of drug-likeness (QED) is 0.342. The Balaban J connectivity index is 1.17. The van der Waals surface area contributed by atoms with E-state index in [9.17, 15) is 4.39 Å². The van der Waals surface area contributed by atoms with Crippen molar-refractivity contribution < 1.29 is 8.78 Å². The highest BCUT2D eigenvalue weighted by Crippen LogP contribution is 2.39. The minimum atomic E-state index is -0.502. The zero-order valence-corrected chi connectivity index (χ0v) is 23.1. The van der Waals surface area contributed by atoms with Crippen molar-refractivity contribution in [2.45, 2.75) is 52.6 Å². The van der Waals surface area contributed by atoms with Crippen molar-refractivity contribution in [3.63, 3.8) is 0 Å². The van der Waals surface area contributed by atoms with E-state index in [1.807, 2.05) is 37.7 Å². The third kappa shape index (κ3) is 5.05. The van der Waals surface area contributed by atoms with Crippen molar-refractivity contribution in [1.29, 1.82) is 0 Å². The highest BCUT2D eigenvalue weighted by atomic mass is 19.1. The number of likely N-dealkylation sites (tertiary alicyclic amines) is 2. The third-order valence-corrected chi connectivity index (χ3v) is 8.30. The van der Waals surface area contributed by atoms with Crippen molar-refractivity contribution in [2.75, 3.05) is 33.2 Å². The number of rotatable bonds is 6. The first-order valence-electron chi connectivity index (χ1n) is 13.7. The van der Waals surface area contributed by atoms with Crippen LogP contribution in [0.15, 0.2) is 36.8 Å². The molecule has 0 unspecified atom stereocenters. The van der Waals surface area contributed by atoms with Gasteiger partial charge in [0.2, 0.25) is 0 Å². The van der Waals surface area contributed by atoms with Gasteiger partial charge in [0, 0.05) is 54.9 Å². The first-order valence-corrected chi connectivity index (χ1v) is 13.7. The molecular weight excluding hydrogens is 496 g/mol. The van der Waals surface area contributed by atoms with Crippen LogP contribution in [0.4, 0.5) is 8.78 Å². The van der Waals surface area contributed by atoms with Crippen LogP contribution in [0.3, 0.4) is 0 Å². The number of halogens is 2. The Morgan fingerprint density at radius 1 is 0.949 bits per heavy atom. The van der Waals surface area contributed by atoms with Crippen LogP contribution in [0.1, 0.15) is 55.6 Å². The standard InChI is InChI=1S/C30H35F2N7/c1-19(2)39-20(3)36-29-25(31)9-22(10-27(29)39)24-11-23(33-15-26(24)32)12-28-34-13-21(14-35-28)16-38-7-5-30(6-8-38)17-37(4)18-30/h9-11,13-15,19H,5-8,12,16-18H2,1-4H3. The SMILES string of the molecule is Cc1nc2c(F)cc(-c3cc(Cc4ncc(CN5CCC6(CC5)CN(C)C6)cn4)ncc3F)cc2n1C(C)C. The van der Waals surface area contributed by atoms with Gasteiger partial charge in [-0.1, -0.05) is 0 Å². The van der Waals surface area contributed by atoms with Gasteiger partial charge in [0.25, 0.3) is 0 Å². The highest BCUT2D eigenvalue weighted by Gasteiger charge is 2.42. The molecule has 0 aliphatic carbocycles. The summed E-state index contributed by atoms with van der Waals surface area (Å²) in [6.45, 7) is 11.4. The van der Waals surface area contributed by atoms with Crippen molar-refractivity contribution in [1.82, 2.24) is 34.3 Å². The summed E-state index contributed by atoms with van der Waals surface area (Å²) in [5.74, 6) is 0.375. The van der Waals surface area contributed by atoms with Gasteiger partial charge in [-0.15, -0.1) is 0 Å². The number of aromatic nitrogens is 5. The fourth-order valence-corrected chi connectivity index (χ4v) is 6.45. The van der Waals surface area contributed by atoms with Gasteiger partial charge in [0.15, 0.2) is 5.82 Å². The van der Waals surface area contributed by atoms with Crippen molar-refractivity contribution in [3.05, 3.63) is 71.3 Å². The highest BCUT2D eigenvalue weighted by molar-refractivity contribution is 5.83. The fourth-order valence-electron chi connectivity index (χ4n) is 6.45. The monoisotopic (exact) mass is 531 g/mol. The average Bonchev–Trinajstić information content (AvgIpc) is 3.23. The van der Waals surface area contributed by atoms with Crippen LogP contribution < -0.4 is 0 Å². The predicted molar refractivity (Wildman–Crippen MR) is 147 cm³/mol. The molecule has 1 spiro atoms. The molecule has 0 atom stereocenters. The molecule has 0 radical (unpaired) electrons. The van der Waals surface area contributed by atoms with E-state index in [0.717, 1.165) is 31.0 Å². The van der Waals surface area contributed by atoms with Gasteiger partial charge in [-0.05, 0) is 82.9 Å². The summed E-state index contributed by atoms with van der Waals surface area (Å²) in [7, 11) is 2.20. The molecule has 2 saturated heterocycles. The second kappa shape index (κ2) is 10.0. The Hall–Kier alpha value is -3.30. The van der Waals surface area contributed by atoms with E-state index >= 15 is 4.39 Å². The van der Waals surface area contributed by atoms with Crippen LogP contribution >= 0.6 is 0 Å². The minimum Gasteiger partial charge on any atom is -0.326 e. The normalized spacial score (nSPS) is 17.8. The number of fused-ring (bicyclic) bond motifs is 1. The van der Waals surface area contributed by atoms with Crippen LogP contribution in [0, 0.1) is 24.0 Å². The molecule has 0 bridgehead atoms. The lowest BCUT2D eigenvalue weighted by Gasteiger charge is -2.53. The molecule has 4 aromatic rings. The van der Waals surface area contributed by atoms with E-state index in [-0.39, 0.29) is 6.04 Å². The maximum Gasteiger partial charge on any atom is 0.151 e. The molecule has 1 aromatic carbocycles. The smallest absolute Gasteiger partial charge is 0.151 e. The van der Waals surface area contributed by atoms with Gasteiger partial charge in [0.05, 0.1) is 18.1 Å². The lowest BCUT2D eigenvalue weighted by molar-refractivity contribution is -0.0329. The number of aryl methyl sites for hydroxylation is 1. The van der Waals surface area contributed by atoms with Crippen LogP contribution in [0.25, 0.3) is 22.2 Å². The van der Waals surface area contributed by atoms with Crippen molar-refractivity contribution >= 4 is 11.0 Å². The van der Waals surface area contributed by atoms with E-state index in [2.05, 4.69) is 36.8 Å². The fraction of sp³-hybridized carbons (Fsp3) is 0.467. The summed E-state index contributed by atoms with van der Waals surface area (Å²) in [5.41, 5.74) is 3.96. The largest absolute Gasteiger partial charge is 0.326 e. The second-order valence-corrected chi connectivity index (χ2v) is 11.7. The average molecular weight is 532 g/mol. The molecule has 5 heterocycles. The second-order valence-electron chi connectivity index (χ2n) is 11.7. The van der Waals surface area contributed by atoms with E-state index in [4.69, 9.17) is 0 Å². The molecular formula is C30H35F2N7. The van der Waals surface area contributed by atoms with Gasteiger partial charge >= 0.3 is 0 Å². The summed E-state index contributed by atoms with van der Waals surface area (Å²) in [5, 5.41) is 0. The number of nitrogens with zero attached hydrogens (tertiary/aromatic N) is 7. The predicted octanol–water partition coefficient (Wildman–Crippen LogP) is 5.17. The zero-order chi connectivity index (χ0) is 27.3. The maximum atomic E-state index is 15.0. The molecule has 39 heavy (non-hydrogen) atoms. The number of hydrogen-bond acceptors (Lipinski definition) is 6. The summed E-state index contributed by atoms with van der Waals surface area (Å²) in [4.78, 5) is 22.7. The van der Waals surface area contributed by atoms with Gasteiger partial charge in [-0.2, -0.15) is 0 Å². The Morgan fingerprint density at radius 2 is 1.67 bits per heavy atom. The molecule has 0 amide bonds. The molecule has 9 heteroatoms. The van der Waals surface area contributed by atoms with Crippen LogP contribution in [0.5, 0.6) is 0 Å². The Kier molecular flexibility index (Phi) is 6.67. The topological polar surface area (TPSA) is 63.0 Å². The maximum absolute atomic E-state index is 15.0. The van der Waals surface area contributed by atoms with E-state index in [1.54, 1.807) is 12.1 Å². The summed E-state index contributed by atoms with van der Waals surface area (Å²) in [6.07, 6.45) is 7.83. The Labute approximate surface area is 227 Å². The molecule has 7 nitrogen and oxygen atoms in total. The van der Waals surface area contributed by atoms with Gasteiger partial charge in [0.1, 0.15) is 23.0 Å². The van der Waals surface area contributed by atoms with E-state index in [0.29, 0.717) is 45.5 Å². The lowest BCUT2D eigenvalue weighted by atomic mass is 9.72. The molecule has 2 aliphatic heterocycles. The summed E-state index contributed by atoms with van der Waals surface area (Å²) < 4.78 is 31.9. The molecule has 3 aromatic heterocycles. The first-order chi connectivity index (χ1) is 18.7. The lowest BCUT2D eigenvalue weighted by Crippen LogP contribution is -2.58. The van der Waals surface area contributed by atoms with Crippen LogP contribution in [0.2, 0.25) is 0 Å². The van der Waals surface area contributed by atoms with Gasteiger partial charge < -0.3 is 9.47 Å². The summed E-state index contributed by atoms with van der Waals surface area (Å²) in [6, 6.07) is 4.91. The zero-order valence-electron chi connectivity index (χ0n) is 23.1. The van der Waals surface area contributed by atoms with Crippen molar-refractivity contribution in [2.24, 2.45) is 5.41 Å². The van der Waals surface area contributed by atoms with Crippen LogP contribution in [-0.2, 0) is 13.0 Å². The van der Waals surface area contributed by atoms with Gasteiger partial charge in [-0.25, -0.2) is 23.7 Å². The molecule has 2 fully saturated rings. The molecule has 6 rings (SSSR count). The number of piperidine rings is 1. The number of pyridine rings is 1. The molecule has 0 N–H and O–H groups in total. The van der Waals surface area contributed by atoms with Crippen LogP contribution in [-0.4, -0.2) is 67.5 Å². The number of hydrogen-bond donors (Lipinski definition) is 0. The summed E-state index contributed by atoms with van der Waals surface area (Å²) >= 11 is 0. The number of imidazole rings is 1. The Morgan fingerprint density at radius 3 is 2.33 bits per heavy atom. The van der Waals surface area contributed by atoms with E-state index < -0.39 is 11.6 Å².